The molecule has 0 heterocycles. The van der Waals surface area contributed by atoms with Gasteiger partial charge >= 0.3 is 0 Å². The summed E-state index contributed by atoms with van der Waals surface area (Å²) in [6.45, 7) is 3.41. The van der Waals surface area contributed by atoms with Gasteiger partial charge in [0, 0.05) is 11.6 Å². The van der Waals surface area contributed by atoms with Gasteiger partial charge in [-0.1, -0.05) is 42.5 Å². The van der Waals surface area contributed by atoms with E-state index in [1.807, 2.05) is 0 Å². The lowest BCUT2D eigenvalue weighted by atomic mass is 10.1. The molecule has 0 unspecified atom stereocenters. The molecule has 0 aliphatic carbocycles. The largest absolute Gasteiger partial charge is 0.497 e. The minimum atomic E-state index is -3.96. The van der Waals surface area contributed by atoms with Crippen molar-refractivity contribution in [2.24, 2.45) is 0 Å². The average molecular weight is 399 g/mol. The van der Waals surface area contributed by atoms with Crippen LogP contribution < -0.4 is 9.04 Å². The molecule has 0 N–H and O–H groups in total. The van der Waals surface area contributed by atoms with Crippen LogP contribution in [-0.4, -0.2) is 15.5 Å². The molecule has 0 radical (unpaired) electrons. The molecule has 28 heavy (non-hydrogen) atoms. The molecule has 0 spiro atoms. The number of benzene rings is 3. The number of aryl methyl sites for hydroxylation is 1. The zero-order chi connectivity index (χ0) is 20.3. The van der Waals surface area contributed by atoms with Crippen molar-refractivity contribution < 1.29 is 17.5 Å². The lowest BCUT2D eigenvalue weighted by Gasteiger charge is -2.31. The van der Waals surface area contributed by atoms with E-state index in [1.54, 1.807) is 80.6 Å². The number of hydrogen-bond donors (Lipinski definition) is 0. The third-order valence-electron chi connectivity index (χ3n) is 4.65. The zero-order valence-electron chi connectivity index (χ0n) is 16.0. The van der Waals surface area contributed by atoms with Crippen LogP contribution in [0.1, 0.15) is 24.1 Å². The molecule has 4 nitrogen and oxygen atoms in total. The van der Waals surface area contributed by atoms with Crippen molar-refractivity contribution in [3.63, 3.8) is 0 Å². The van der Waals surface area contributed by atoms with Gasteiger partial charge in [-0.3, -0.25) is 4.31 Å². The number of ether oxygens (including phenoxy) is 1. The molecule has 0 aliphatic heterocycles. The maximum atomic E-state index is 14.5. The third kappa shape index (κ3) is 3.73. The van der Waals surface area contributed by atoms with E-state index >= 15 is 0 Å². The first-order valence-electron chi connectivity index (χ1n) is 8.85. The molecule has 0 saturated carbocycles. The van der Waals surface area contributed by atoms with Crippen molar-refractivity contribution in [1.82, 2.24) is 0 Å². The van der Waals surface area contributed by atoms with Crippen molar-refractivity contribution in [3.8, 4) is 5.75 Å². The highest BCUT2D eigenvalue weighted by Gasteiger charge is 2.32. The van der Waals surface area contributed by atoms with Gasteiger partial charge in [0.2, 0.25) is 0 Å². The molecule has 146 valence electrons. The van der Waals surface area contributed by atoms with Gasteiger partial charge in [-0.25, -0.2) is 12.8 Å². The normalized spacial score (nSPS) is 12.4. The Bertz CT molecular complexity index is 1080. The van der Waals surface area contributed by atoms with E-state index < -0.39 is 21.9 Å². The minimum absolute atomic E-state index is 0.181. The fourth-order valence-electron chi connectivity index (χ4n) is 3.21. The molecular weight excluding hydrogens is 377 g/mol. The molecule has 0 aliphatic rings. The Morgan fingerprint density at radius 3 is 2.32 bits per heavy atom. The summed E-state index contributed by atoms with van der Waals surface area (Å²) in [4.78, 5) is 0.181. The van der Waals surface area contributed by atoms with E-state index in [9.17, 15) is 12.8 Å². The van der Waals surface area contributed by atoms with Crippen molar-refractivity contribution in [1.29, 1.82) is 0 Å². The highest BCUT2D eigenvalue weighted by molar-refractivity contribution is 7.92. The van der Waals surface area contributed by atoms with E-state index in [0.29, 0.717) is 22.6 Å². The number of anilines is 1. The van der Waals surface area contributed by atoms with Crippen LogP contribution in [0.25, 0.3) is 0 Å². The van der Waals surface area contributed by atoms with Crippen LogP contribution in [0.2, 0.25) is 0 Å². The summed E-state index contributed by atoms with van der Waals surface area (Å²) in [7, 11) is -2.45. The lowest BCUT2D eigenvalue weighted by Crippen LogP contribution is -2.34. The van der Waals surface area contributed by atoms with E-state index in [-0.39, 0.29) is 4.90 Å². The van der Waals surface area contributed by atoms with E-state index in [2.05, 4.69) is 0 Å². The number of halogens is 1. The van der Waals surface area contributed by atoms with Crippen molar-refractivity contribution in [2.75, 3.05) is 11.4 Å². The topological polar surface area (TPSA) is 46.6 Å². The standard InChI is InChI=1S/C22H22FNO3S/c1-16-9-4-7-14-22(16)28(25,26)24(18-10-8-11-19(15-18)27-3)17(2)20-12-5-6-13-21(20)23/h4-15,17H,1-3H3/t17-/m1/s1. The van der Waals surface area contributed by atoms with Gasteiger partial charge in [-0.05, 0) is 43.7 Å². The van der Waals surface area contributed by atoms with Crippen molar-refractivity contribution >= 4 is 15.7 Å². The van der Waals surface area contributed by atoms with Crippen LogP contribution in [0, 0.1) is 12.7 Å². The first-order chi connectivity index (χ1) is 13.4. The number of sulfonamides is 1. The van der Waals surface area contributed by atoms with Crippen molar-refractivity contribution in [2.45, 2.75) is 24.8 Å². The van der Waals surface area contributed by atoms with Crippen LogP contribution in [0.4, 0.5) is 10.1 Å². The predicted molar refractivity (Wildman–Crippen MR) is 109 cm³/mol. The number of hydrogen-bond acceptors (Lipinski definition) is 3. The maximum Gasteiger partial charge on any atom is 0.265 e. The summed E-state index contributed by atoms with van der Waals surface area (Å²) in [6.07, 6.45) is 0. The van der Waals surface area contributed by atoms with E-state index in [1.165, 1.54) is 17.5 Å². The Labute approximate surface area is 165 Å². The second-order valence-electron chi connectivity index (χ2n) is 6.47. The van der Waals surface area contributed by atoms with Gasteiger partial charge in [-0.15, -0.1) is 0 Å². The second-order valence-corrected chi connectivity index (χ2v) is 8.25. The smallest absolute Gasteiger partial charge is 0.265 e. The van der Waals surface area contributed by atoms with E-state index in [0.717, 1.165) is 0 Å². The van der Waals surface area contributed by atoms with Gasteiger partial charge in [0.1, 0.15) is 11.6 Å². The first kappa shape index (κ1) is 19.9. The summed E-state index contributed by atoms with van der Waals surface area (Å²) < 4.78 is 48.3. The van der Waals surface area contributed by atoms with Crippen LogP contribution >= 0.6 is 0 Å². The monoisotopic (exact) mass is 399 g/mol. The van der Waals surface area contributed by atoms with Crippen LogP contribution in [-0.2, 0) is 10.0 Å². The average Bonchev–Trinajstić information content (AvgIpc) is 2.68. The van der Waals surface area contributed by atoms with Gasteiger partial charge in [0.05, 0.1) is 23.7 Å². The molecule has 3 aromatic carbocycles. The number of rotatable bonds is 6. The number of nitrogens with zero attached hydrogens (tertiary/aromatic N) is 1. The van der Waals surface area contributed by atoms with Gasteiger partial charge in [0.15, 0.2) is 0 Å². The summed E-state index contributed by atoms with van der Waals surface area (Å²) >= 11 is 0. The SMILES string of the molecule is COc1cccc(N([C@H](C)c2ccccc2F)S(=O)(=O)c2ccccc2C)c1. The van der Waals surface area contributed by atoms with Crippen molar-refractivity contribution in [3.05, 3.63) is 89.7 Å². The minimum Gasteiger partial charge on any atom is -0.497 e. The quantitative estimate of drug-likeness (QED) is 0.579. The fraction of sp³-hybridized carbons (Fsp3) is 0.182. The van der Waals surface area contributed by atoms with Crippen LogP contribution in [0.15, 0.2) is 77.7 Å². The van der Waals surface area contributed by atoms with Gasteiger partial charge < -0.3 is 4.74 Å². The third-order valence-corrected chi connectivity index (χ3v) is 6.70. The maximum absolute atomic E-state index is 14.5. The molecule has 0 bridgehead atoms. The molecule has 0 amide bonds. The highest BCUT2D eigenvalue weighted by atomic mass is 32.2. The molecule has 0 saturated heterocycles. The number of methoxy groups -OCH3 is 1. The van der Waals surface area contributed by atoms with Gasteiger partial charge in [0.25, 0.3) is 10.0 Å². The molecular formula is C22H22FNO3S. The summed E-state index contributed by atoms with van der Waals surface area (Å²) in [6, 6.07) is 18.9. The van der Waals surface area contributed by atoms with Crippen LogP contribution in [0.5, 0.6) is 5.75 Å². The van der Waals surface area contributed by atoms with Gasteiger partial charge in [-0.2, -0.15) is 0 Å². The Morgan fingerprint density at radius 1 is 0.964 bits per heavy atom. The summed E-state index contributed by atoms with van der Waals surface area (Å²) in [5.74, 6) is 0.0612. The fourth-order valence-corrected chi connectivity index (χ4v) is 5.07. The molecule has 3 aromatic rings. The molecule has 1 atom stereocenters. The summed E-state index contributed by atoms with van der Waals surface area (Å²) in [5.41, 5.74) is 1.32. The molecule has 0 fully saturated rings. The second kappa shape index (κ2) is 8.02. The lowest BCUT2D eigenvalue weighted by molar-refractivity contribution is 0.415. The Balaban J connectivity index is 2.23. The Kier molecular flexibility index (Phi) is 5.70. The molecule has 3 rings (SSSR count). The molecule has 0 aromatic heterocycles. The van der Waals surface area contributed by atoms with E-state index in [4.69, 9.17) is 4.74 Å². The Morgan fingerprint density at radius 2 is 1.64 bits per heavy atom. The highest BCUT2D eigenvalue weighted by Crippen LogP contribution is 2.36. The molecule has 6 heteroatoms. The first-order valence-corrected chi connectivity index (χ1v) is 10.3. The Hall–Kier alpha value is -2.86. The van der Waals surface area contributed by atoms with Crippen LogP contribution in [0.3, 0.4) is 0 Å². The predicted octanol–water partition coefficient (Wildman–Crippen LogP) is 5.10. The summed E-state index contributed by atoms with van der Waals surface area (Å²) in [5, 5.41) is 0. The zero-order valence-corrected chi connectivity index (χ0v) is 16.8.